The molecule has 0 radical (unpaired) electrons. The van der Waals surface area contributed by atoms with Gasteiger partial charge in [0.05, 0.1) is 4.90 Å². The van der Waals surface area contributed by atoms with Crippen LogP contribution in [0.15, 0.2) is 17.0 Å². The van der Waals surface area contributed by atoms with Crippen molar-refractivity contribution in [3.8, 4) is 5.75 Å². The van der Waals surface area contributed by atoms with Crippen molar-refractivity contribution in [1.82, 2.24) is 0 Å². The molecule has 0 bridgehead atoms. The molecule has 0 fully saturated rings. The van der Waals surface area contributed by atoms with Crippen LogP contribution in [0.1, 0.15) is 115 Å². The summed E-state index contributed by atoms with van der Waals surface area (Å²) in [5.74, 6) is 0.154. The second-order valence-corrected chi connectivity index (χ2v) is 9.65. The van der Waals surface area contributed by atoms with E-state index < -0.39 is 10.1 Å². The summed E-state index contributed by atoms with van der Waals surface area (Å²) in [4.78, 5) is -0.0285. The van der Waals surface area contributed by atoms with Gasteiger partial charge in [0, 0.05) is 0 Å². The van der Waals surface area contributed by atoms with E-state index in [1.807, 2.05) is 0 Å². The molecule has 2 N–H and O–H groups in total. The molecule has 0 aliphatic carbocycles. The van der Waals surface area contributed by atoms with Crippen molar-refractivity contribution in [2.45, 2.75) is 121 Å². The van der Waals surface area contributed by atoms with Crippen LogP contribution in [0.2, 0.25) is 0 Å². The molecule has 168 valence electrons. The molecule has 29 heavy (non-hydrogen) atoms. The minimum absolute atomic E-state index is 0.0285. The fraction of sp³-hybridized carbons (Fsp3) is 0.750. The molecule has 0 heterocycles. The molecule has 0 saturated heterocycles. The number of unbranched alkanes of at least 4 members (excludes halogenated alkanes) is 12. The van der Waals surface area contributed by atoms with Crippen LogP contribution in [0.3, 0.4) is 0 Å². The maximum Gasteiger partial charge on any atom is 0.294 e. The first-order chi connectivity index (χ1) is 13.9. The fourth-order valence-corrected chi connectivity index (χ4v) is 4.75. The highest BCUT2D eigenvalue weighted by Gasteiger charge is 2.20. The quantitative estimate of drug-likeness (QED) is 0.203. The van der Waals surface area contributed by atoms with Crippen LogP contribution in [-0.4, -0.2) is 18.1 Å². The summed E-state index contributed by atoms with van der Waals surface area (Å²) in [6.07, 6.45) is 17.5. The molecule has 1 rings (SSSR count). The lowest BCUT2D eigenvalue weighted by Crippen LogP contribution is -2.07. The average Bonchev–Trinajstić information content (AvgIpc) is 2.67. The maximum atomic E-state index is 11.9. The lowest BCUT2D eigenvalue weighted by molar-refractivity contribution is 0.460. The van der Waals surface area contributed by atoms with Crippen molar-refractivity contribution in [3.05, 3.63) is 23.3 Å². The Morgan fingerprint density at radius 1 is 0.655 bits per heavy atom. The lowest BCUT2D eigenvalue weighted by Gasteiger charge is -2.15. The monoisotopic (exact) mass is 426 g/mol. The van der Waals surface area contributed by atoms with Gasteiger partial charge in [-0.25, -0.2) is 0 Å². The van der Waals surface area contributed by atoms with Gasteiger partial charge in [-0.1, -0.05) is 90.9 Å². The second kappa shape index (κ2) is 14.8. The topological polar surface area (TPSA) is 74.6 Å². The number of aromatic hydroxyl groups is 1. The predicted molar refractivity (Wildman–Crippen MR) is 121 cm³/mol. The van der Waals surface area contributed by atoms with E-state index in [-0.39, 0.29) is 10.6 Å². The number of phenols is 1. The Bertz CT molecular complexity index is 668. The Hall–Kier alpha value is -1.07. The molecule has 0 atom stereocenters. The Labute approximate surface area is 178 Å². The van der Waals surface area contributed by atoms with E-state index in [0.717, 1.165) is 32.1 Å². The third-order valence-corrected chi connectivity index (χ3v) is 6.64. The molecule has 4 nitrogen and oxygen atoms in total. The first kappa shape index (κ1) is 26.0. The van der Waals surface area contributed by atoms with Gasteiger partial charge in [-0.2, -0.15) is 8.42 Å². The highest BCUT2D eigenvalue weighted by Crippen LogP contribution is 2.31. The molecule has 0 aliphatic heterocycles. The summed E-state index contributed by atoms with van der Waals surface area (Å²) in [7, 11) is -4.28. The normalized spacial score (nSPS) is 11.8. The molecule has 5 heteroatoms. The SMILES string of the molecule is CCCCCCCCCc1c(O)ccc(S(=O)(=O)O)c1CCCCCCCCC. The van der Waals surface area contributed by atoms with E-state index in [2.05, 4.69) is 13.8 Å². The lowest BCUT2D eigenvalue weighted by atomic mass is 9.95. The Morgan fingerprint density at radius 2 is 1.07 bits per heavy atom. The Kier molecular flexibility index (Phi) is 13.3. The summed E-state index contributed by atoms with van der Waals surface area (Å²) in [5, 5.41) is 10.4. The zero-order chi connectivity index (χ0) is 21.5. The van der Waals surface area contributed by atoms with Crippen molar-refractivity contribution in [2.24, 2.45) is 0 Å². The van der Waals surface area contributed by atoms with Gasteiger partial charge in [0.15, 0.2) is 0 Å². The first-order valence-corrected chi connectivity index (χ1v) is 13.2. The fourth-order valence-electron chi connectivity index (χ4n) is 3.97. The Balaban J connectivity index is 2.70. The predicted octanol–water partition coefficient (Wildman–Crippen LogP) is 7.23. The van der Waals surface area contributed by atoms with Crippen molar-refractivity contribution >= 4 is 10.1 Å². The van der Waals surface area contributed by atoms with Crippen LogP contribution in [0.4, 0.5) is 0 Å². The van der Waals surface area contributed by atoms with E-state index in [0.29, 0.717) is 24.0 Å². The number of phenolic OH excluding ortho intramolecular Hbond substituents is 1. The van der Waals surface area contributed by atoms with Crippen molar-refractivity contribution < 1.29 is 18.1 Å². The van der Waals surface area contributed by atoms with Crippen LogP contribution >= 0.6 is 0 Å². The average molecular weight is 427 g/mol. The van der Waals surface area contributed by atoms with Gasteiger partial charge in [-0.05, 0) is 48.9 Å². The van der Waals surface area contributed by atoms with E-state index >= 15 is 0 Å². The maximum absolute atomic E-state index is 11.9. The molecule has 0 aromatic heterocycles. The van der Waals surface area contributed by atoms with Gasteiger partial charge in [0.25, 0.3) is 10.1 Å². The van der Waals surface area contributed by atoms with Gasteiger partial charge >= 0.3 is 0 Å². The molecule has 0 spiro atoms. The molecule has 1 aromatic rings. The van der Waals surface area contributed by atoms with Crippen molar-refractivity contribution in [1.29, 1.82) is 0 Å². The van der Waals surface area contributed by atoms with Crippen molar-refractivity contribution in [3.63, 3.8) is 0 Å². The highest BCUT2D eigenvalue weighted by molar-refractivity contribution is 7.85. The number of hydrogen-bond acceptors (Lipinski definition) is 3. The largest absolute Gasteiger partial charge is 0.508 e. The summed E-state index contributed by atoms with van der Waals surface area (Å²) in [6.45, 7) is 4.41. The van der Waals surface area contributed by atoms with Crippen LogP contribution in [-0.2, 0) is 23.0 Å². The van der Waals surface area contributed by atoms with E-state index in [9.17, 15) is 18.1 Å². The van der Waals surface area contributed by atoms with Crippen molar-refractivity contribution in [2.75, 3.05) is 0 Å². The molecule has 0 amide bonds. The number of benzene rings is 1. The summed E-state index contributed by atoms with van der Waals surface area (Å²) < 4.78 is 33.4. The van der Waals surface area contributed by atoms with Gasteiger partial charge in [-0.3, -0.25) is 4.55 Å². The molecular weight excluding hydrogens is 384 g/mol. The standard InChI is InChI=1S/C24H42O4S/c1-3-5-7-9-11-13-15-17-21-22(18-16-14-12-10-8-6-4-2)24(29(26,27)28)20-19-23(21)25/h19-20,25H,3-18H2,1-2H3,(H,26,27,28). The highest BCUT2D eigenvalue weighted by atomic mass is 32.2. The molecule has 0 saturated carbocycles. The number of rotatable bonds is 17. The van der Waals surface area contributed by atoms with Crippen LogP contribution in [0, 0.1) is 0 Å². The van der Waals surface area contributed by atoms with E-state index in [1.165, 1.54) is 69.9 Å². The summed E-state index contributed by atoms with van der Waals surface area (Å²) in [6, 6.07) is 2.75. The van der Waals surface area contributed by atoms with Gasteiger partial charge in [0.2, 0.25) is 0 Å². The van der Waals surface area contributed by atoms with Gasteiger partial charge in [0.1, 0.15) is 5.75 Å². The number of hydrogen-bond donors (Lipinski definition) is 2. The Morgan fingerprint density at radius 3 is 1.52 bits per heavy atom. The molecule has 1 aromatic carbocycles. The second-order valence-electron chi connectivity index (χ2n) is 8.26. The zero-order valence-electron chi connectivity index (χ0n) is 18.6. The van der Waals surface area contributed by atoms with E-state index in [4.69, 9.17) is 0 Å². The molecule has 0 unspecified atom stereocenters. The summed E-state index contributed by atoms with van der Waals surface area (Å²) >= 11 is 0. The smallest absolute Gasteiger partial charge is 0.294 e. The van der Waals surface area contributed by atoms with Gasteiger partial charge < -0.3 is 5.11 Å². The summed E-state index contributed by atoms with van der Waals surface area (Å²) in [5.41, 5.74) is 1.33. The molecule has 0 aliphatic rings. The van der Waals surface area contributed by atoms with Crippen LogP contribution in [0.25, 0.3) is 0 Å². The van der Waals surface area contributed by atoms with Gasteiger partial charge in [-0.15, -0.1) is 0 Å². The minimum Gasteiger partial charge on any atom is -0.508 e. The first-order valence-electron chi connectivity index (χ1n) is 11.7. The zero-order valence-corrected chi connectivity index (χ0v) is 19.4. The van der Waals surface area contributed by atoms with Crippen LogP contribution in [0.5, 0.6) is 5.75 Å². The third-order valence-electron chi connectivity index (χ3n) is 5.70. The minimum atomic E-state index is -4.28. The van der Waals surface area contributed by atoms with E-state index in [1.54, 1.807) is 0 Å². The van der Waals surface area contributed by atoms with Crippen LogP contribution < -0.4 is 0 Å². The third kappa shape index (κ3) is 10.5. The molecular formula is C24H42O4S.